The third-order valence-electron chi connectivity index (χ3n) is 5.10. The van der Waals surface area contributed by atoms with Crippen LogP contribution in [0.4, 0.5) is 0 Å². The van der Waals surface area contributed by atoms with E-state index in [9.17, 15) is 4.79 Å². The lowest BCUT2D eigenvalue weighted by atomic mass is 9.99. The van der Waals surface area contributed by atoms with E-state index in [1.807, 2.05) is 12.1 Å². The maximum absolute atomic E-state index is 12.0. The van der Waals surface area contributed by atoms with Crippen LogP contribution in [0, 0.1) is 11.3 Å². The number of amides is 1. The molecule has 0 spiro atoms. The third kappa shape index (κ3) is 2.68. The minimum absolute atomic E-state index is 0.232. The lowest BCUT2D eigenvalue weighted by Gasteiger charge is -2.18. The zero-order valence-electron chi connectivity index (χ0n) is 13.8. The number of carbonyl (C=O) groups is 1. The summed E-state index contributed by atoms with van der Waals surface area (Å²) in [5.74, 6) is 1.24. The molecule has 4 rings (SSSR count). The Labute approximate surface area is 145 Å². The van der Waals surface area contributed by atoms with Gasteiger partial charge in [-0.2, -0.15) is 10.4 Å². The molecule has 1 aliphatic heterocycles. The van der Waals surface area contributed by atoms with E-state index in [1.165, 1.54) is 0 Å². The highest BCUT2D eigenvalue weighted by Gasteiger charge is 2.54. The fourth-order valence-corrected chi connectivity index (χ4v) is 3.33. The largest absolute Gasteiger partial charge is 0.381 e. The maximum Gasteiger partial charge on any atom is 0.231 e. The Hall–Kier alpha value is -2.72. The molecule has 2 N–H and O–H groups in total. The minimum Gasteiger partial charge on any atom is -0.381 e. The molecule has 1 aliphatic carbocycles. The summed E-state index contributed by atoms with van der Waals surface area (Å²) in [4.78, 5) is 16.8. The summed E-state index contributed by atoms with van der Waals surface area (Å²) in [6.45, 7) is 1.40. The van der Waals surface area contributed by atoms with Gasteiger partial charge in [0.05, 0.1) is 17.3 Å². The van der Waals surface area contributed by atoms with Crippen LogP contribution in [-0.4, -0.2) is 33.9 Å². The van der Waals surface area contributed by atoms with Crippen LogP contribution in [-0.2, 0) is 14.9 Å². The normalized spacial score (nSPS) is 19.3. The first kappa shape index (κ1) is 15.8. The van der Waals surface area contributed by atoms with Crippen molar-refractivity contribution in [3.8, 4) is 11.8 Å². The van der Waals surface area contributed by atoms with E-state index in [1.54, 1.807) is 16.8 Å². The van der Waals surface area contributed by atoms with Gasteiger partial charge in [-0.15, -0.1) is 0 Å². The summed E-state index contributed by atoms with van der Waals surface area (Å²) >= 11 is 0. The number of hydrogen-bond donors (Lipinski definition) is 1. The van der Waals surface area contributed by atoms with Crippen molar-refractivity contribution in [1.29, 1.82) is 5.26 Å². The molecule has 2 heterocycles. The number of nitrogens with two attached hydrogens (primary N) is 1. The second kappa shape index (κ2) is 5.97. The van der Waals surface area contributed by atoms with Crippen molar-refractivity contribution in [2.75, 3.05) is 13.2 Å². The first-order valence-corrected chi connectivity index (χ1v) is 8.50. The SMILES string of the molecule is N#Cc1ccc(-n2nc(C3CCOCC3)nc2C2(C(N)=O)CC2)cc1. The predicted molar refractivity (Wildman–Crippen MR) is 89.0 cm³/mol. The first-order valence-electron chi connectivity index (χ1n) is 8.50. The van der Waals surface area contributed by atoms with Crippen LogP contribution in [0.1, 0.15) is 48.8 Å². The monoisotopic (exact) mass is 337 g/mol. The highest BCUT2D eigenvalue weighted by atomic mass is 16.5. The molecule has 1 amide bonds. The zero-order chi connectivity index (χ0) is 17.4. The molecular formula is C18H19N5O2. The van der Waals surface area contributed by atoms with Crippen molar-refractivity contribution in [3.05, 3.63) is 41.5 Å². The number of nitriles is 1. The molecule has 2 aromatic rings. The van der Waals surface area contributed by atoms with Crippen LogP contribution in [0.5, 0.6) is 0 Å². The van der Waals surface area contributed by atoms with Crippen molar-refractivity contribution < 1.29 is 9.53 Å². The van der Waals surface area contributed by atoms with Gasteiger partial charge in [0.2, 0.25) is 5.91 Å². The van der Waals surface area contributed by atoms with Crippen LogP contribution < -0.4 is 5.73 Å². The summed E-state index contributed by atoms with van der Waals surface area (Å²) < 4.78 is 7.15. The number of nitrogens with zero attached hydrogens (tertiary/aromatic N) is 4. The highest BCUT2D eigenvalue weighted by molar-refractivity contribution is 5.89. The lowest BCUT2D eigenvalue weighted by molar-refractivity contribution is -0.120. The van der Waals surface area contributed by atoms with Crippen LogP contribution in [0.3, 0.4) is 0 Å². The number of primary amides is 1. The maximum atomic E-state index is 12.0. The van der Waals surface area contributed by atoms with Crippen molar-refractivity contribution in [1.82, 2.24) is 14.8 Å². The van der Waals surface area contributed by atoms with Gasteiger partial charge < -0.3 is 10.5 Å². The summed E-state index contributed by atoms with van der Waals surface area (Å²) in [7, 11) is 0. The topological polar surface area (TPSA) is 107 Å². The van der Waals surface area contributed by atoms with Gasteiger partial charge in [-0.05, 0) is 49.9 Å². The number of hydrogen-bond acceptors (Lipinski definition) is 5. The Morgan fingerprint density at radius 1 is 1.28 bits per heavy atom. The van der Waals surface area contributed by atoms with Gasteiger partial charge in [0.25, 0.3) is 0 Å². The Kier molecular flexibility index (Phi) is 3.77. The average Bonchev–Trinajstić information content (AvgIpc) is 3.35. The molecule has 0 atom stereocenters. The van der Waals surface area contributed by atoms with Crippen molar-refractivity contribution in [3.63, 3.8) is 0 Å². The van der Waals surface area contributed by atoms with E-state index in [4.69, 9.17) is 25.8 Å². The molecule has 1 aromatic carbocycles. The summed E-state index contributed by atoms with van der Waals surface area (Å²) in [6, 6.07) is 9.22. The standard InChI is InChI=1S/C18H19N5O2/c19-11-12-1-3-14(4-2-12)23-17(18(7-8-18)16(20)24)21-15(22-23)13-5-9-25-10-6-13/h1-4,13H,5-10H2,(H2,20,24). The highest BCUT2D eigenvalue weighted by Crippen LogP contribution is 2.48. The van der Waals surface area contributed by atoms with E-state index in [2.05, 4.69) is 6.07 Å². The Morgan fingerprint density at radius 3 is 2.52 bits per heavy atom. The van der Waals surface area contributed by atoms with Crippen molar-refractivity contribution >= 4 is 5.91 Å². The van der Waals surface area contributed by atoms with Crippen molar-refractivity contribution in [2.24, 2.45) is 5.73 Å². The second-order valence-corrected chi connectivity index (χ2v) is 6.70. The van der Waals surface area contributed by atoms with Gasteiger partial charge in [-0.25, -0.2) is 9.67 Å². The quantitative estimate of drug-likeness (QED) is 0.911. The van der Waals surface area contributed by atoms with E-state index in [-0.39, 0.29) is 11.8 Å². The molecule has 1 aromatic heterocycles. The molecule has 0 radical (unpaired) electrons. The minimum atomic E-state index is -0.718. The third-order valence-corrected chi connectivity index (χ3v) is 5.10. The van der Waals surface area contributed by atoms with Gasteiger partial charge in [0.1, 0.15) is 11.2 Å². The van der Waals surface area contributed by atoms with Crippen LogP contribution in [0.2, 0.25) is 0 Å². The summed E-state index contributed by atoms with van der Waals surface area (Å²) in [5.41, 5.74) is 6.30. The Bertz CT molecular complexity index is 839. The van der Waals surface area contributed by atoms with E-state index in [0.29, 0.717) is 37.4 Å². The fourth-order valence-electron chi connectivity index (χ4n) is 3.33. The van der Waals surface area contributed by atoms with Gasteiger partial charge in [-0.3, -0.25) is 4.79 Å². The Morgan fingerprint density at radius 2 is 1.96 bits per heavy atom. The van der Waals surface area contributed by atoms with Crippen LogP contribution >= 0.6 is 0 Å². The van der Waals surface area contributed by atoms with Gasteiger partial charge in [0, 0.05) is 19.1 Å². The molecule has 25 heavy (non-hydrogen) atoms. The van der Waals surface area contributed by atoms with E-state index < -0.39 is 5.41 Å². The molecule has 2 fully saturated rings. The molecule has 7 heteroatoms. The predicted octanol–water partition coefficient (Wildman–Crippen LogP) is 1.55. The molecule has 1 saturated heterocycles. The van der Waals surface area contributed by atoms with E-state index in [0.717, 1.165) is 24.4 Å². The van der Waals surface area contributed by atoms with Gasteiger partial charge >= 0.3 is 0 Å². The summed E-state index contributed by atoms with van der Waals surface area (Å²) in [5, 5.41) is 13.7. The second-order valence-electron chi connectivity index (χ2n) is 6.70. The number of benzene rings is 1. The Balaban J connectivity index is 1.79. The summed E-state index contributed by atoms with van der Waals surface area (Å²) in [6.07, 6.45) is 3.15. The molecule has 2 aliphatic rings. The zero-order valence-corrected chi connectivity index (χ0v) is 13.8. The fraction of sp³-hybridized carbons (Fsp3) is 0.444. The van der Waals surface area contributed by atoms with Gasteiger partial charge in [0.15, 0.2) is 5.82 Å². The van der Waals surface area contributed by atoms with Crippen LogP contribution in [0.15, 0.2) is 24.3 Å². The smallest absolute Gasteiger partial charge is 0.231 e. The van der Waals surface area contributed by atoms with E-state index >= 15 is 0 Å². The lowest BCUT2D eigenvalue weighted by Crippen LogP contribution is -2.31. The molecular weight excluding hydrogens is 318 g/mol. The molecule has 128 valence electrons. The van der Waals surface area contributed by atoms with Crippen LogP contribution in [0.25, 0.3) is 5.69 Å². The molecule has 0 unspecified atom stereocenters. The first-order chi connectivity index (χ1) is 12.1. The number of carbonyl (C=O) groups excluding carboxylic acids is 1. The molecule has 1 saturated carbocycles. The van der Waals surface area contributed by atoms with Gasteiger partial charge in [-0.1, -0.05) is 0 Å². The number of aromatic nitrogens is 3. The molecule has 0 bridgehead atoms. The number of rotatable bonds is 4. The average molecular weight is 337 g/mol. The van der Waals surface area contributed by atoms with Crippen molar-refractivity contribution in [2.45, 2.75) is 37.0 Å². The number of ether oxygens (including phenoxy) is 1. The molecule has 7 nitrogen and oxygen atoms in total.